The second kappa shape index (κ2) is 7.39. The molecule has 25 heavy (non-hydrogen) atoms. The van der Waals surface area contributed by atoms with Crippen molar-refractivity contribution in [2.45, 2.75) is 19.3 Å². The predicted octanol–water partition coefficient (Wildman–Crippen LogP) is 4.72. The fraction of sp³-hybridized carbons (Fsp3) is 0.353. The van der Waals surface area contributed by atoms with Crippen molar-refractivity contribution in [1.29, 1.82) is 0 Å². The molecule has 3 aromatic rings. The number of carbonyl (C=O) groups is 1. The minimum absolute atomic E-state index is 0.116. The summed E-state index contributed by atoms with van der Waals surface area (Å²) in [5.41, 5.74) is 0.990. The summed E-state index contributed by atoms with van der Waals surface area (Å²) in [6.45, 7) is 1.55. The van der Waals surface area contributed by atoms with Crippen molar-refractivity contribution in [2.75, 3.05) is 13.1 Å². The van der Waals surface area contributed by atoms with Crippen LogP contribution in [0.2, 0.25) is 0 Å². The van der Waals surface area contributed by atoms with E-state index in [0.29, 0.717) is 17.6 Å². The molecule has 4 heterocycles. The van der Waals surface area contributed by atoms with Crippen molar-refractivity contribution in [2.24, 2.45) is 5.92 Å². The Bertz CT molecular complexity index is 859. The van der Waals surface area contributed by atoms with Gasteiger partial charge >= 0.3 is 0 Å². The highest BCUT2D eigenvalue weighted by atomic mass is 79.9. The van der Waals surface area contributed by atoms with Crippen LogP contribution in [0.15, 0.2) is 37.3 Å². The quantitative estimate of drug-likeness (QED) is 0.592. The molecule has 1 aliphatic heterocycles. The Morgan fingerprint density at radius 3 is 3.12 bits per heavy atom. The van der Waals surface area contributed by atoms with Gasteiger partial charge in [-0.3, -0.25) is 4.79 Å². The van der Waals surface area contributed by atoms with Gasteiger partial charge in [0.2, 0.25) is 11.7 Å². The summed E-state index contributed by atoms with van der Waals surface area (Å²) in [4.78, 5) is 19.9. The minimum Gasteiger partial charge on any atom is -0.339 e. The summed E-state index contributed by atoms with van der Waals surface area (Å²) in [6.07, 6.45) is 2.80. The Hall–Kier alpha value is -1.51. The molecule has 1 atom stereocenters. The van der Waals surface area contributed by atoms with Gasteiger partial charge in [0.25, 0.3) is 5.91 Å². The number of carbonyl (C=O) groups excluding carboxylic acids is 1. The van der Waals surface area contributed by atoms with Crippen molar-refractivity contribution in [3.8, 4) is 11.4 Å². The first-order valence-electron chi connectivity index (χ1n) is 8.07. The number of likely N-dealkylation sites (tertiary alicyclic amines) is 1. The van der Waals surface area contributed by atoms with Gasteiger partial charge in [-0.05, 0) is 52.2 Å². The van der Waals surface area contributed by atoms with E-state index in [1.54, 1.807) is 11.3 Å². The molecule has 130 valence electrons. The van der Waals surface area contributed by atoms with Crippen LogP contribution in [0, 0.1) is 5.92 Å². The minimum atomic E-state index is 0.116. The molecule has 0 aromatic carbocycles. The molecule has 0 unspecified atom stereocenters. The maximum atomic E-state index is 12.6. The van der Waals surface area contributed by atoms with Crippen molar-refractivity contribution in [1.82, 2.24) is 15.0 Å². The lowest BCUT2D eigenvalue weighted by Gasteiger charge is -2.31. The molecule has 1 amide bonds. The number of thiophene rings is 2. The maximum Gasteiger partial charge on any atom is 0.263 e. The van der Waals surface area contributed by atoms with Gasteiger partial charge in [-0.1, -0.05) is 5.16 Å². The van der Waals surface area contributed by atoms with Gasteiger partial charge in [0.05, 0.1) is 4.88 Å². The van der Waals surface area contributed by atoms with Crippen molar-refractivity contribution in [3.05, 3.63) is 43.5 Å². The molecule has 0 aliphatic carbocycles. The third-order valence-corrected chi connectivity index (χ3v) is 6.66. The molecule has 1 fully saturated rings. The molecular formula is C17H16BrN3O2S2. The van der Waals surface area contributed by atoms with E-state index in [9.17, 15) is 4.79 Å². The summed E-state index contributed by atoms with van der Waals surface area (Å²) in [5, 5.41) is 10.0. The van der Waals surface area contributed by atoms with Crippen molar-refractivity contribution in [3.63, 3.8) is 0 Å². The monoisotopic (exact) mass is 437 g/mol. The molecule has 4 rings (SSSR count). The predicted molar refractivity (Wildman–Crippen MR) is 102 cm³/mol. The van der Waals surface area contributed by atoms with E-state index >= 15 is 0 Å². The summed E-state index contributed by atoms with van der Waals surface area (Å²) in [7, 11) is 0. The van der Waals surface area contributed by atoms with E-state index in [-0.39, 0.29) is 5.91 Å². The molecule has 3 aromatic heterocycles. The number of piperidine rings is 1. The lowest BCUT2D eigenvalue weighted by atomic mass is 9.94. The fourth-order valence-electron chi connectivity index (χ4n) is 3.09. The smallest absolute Gasteiger partial charge is 0.263 e. The van der Waals surface area contributed by atoms with Crippen LogP contribution in [-0.2, 0) is 6.42 Å². The second-order valence-electron chi connectivity index (χ2n) is 6.12. The van der Waals surface area contributed by atoms with Gasteiger partial charge in [-0.2, -0.15) is 16.3 Å². The number of aromatic nitrogens is 2. The van der Waals surface area contributed by atoms with Crippen LogP contribution in [0.5, 0.6) is 0 Å². The zero-order valence-electron chi connectivity index (χ0n) is 13.4. The summed E-state index contributed by atoms with van der Waals surface area (Å²) >= 11 is 6.51. The van der Waals surface area contributed by atoms with Gasteiger partial charge < -0.3 is 9.42 Å². The Morgan fingerprint density at radius 1 is 1.44 bits per heavy atom. The highest BCUT2D eigenvalue weighted by molar-refractivity contribution is 9.10. The number of rotatable bonds is 4. The molecule has 0 bridgehead atoms. The van der Waals surface area contributed by atoms with Crippen LogP contribution >= 0.6 is 38.6 Å². The number of amides is 1. The van der Waals surface area contributed by atoms with E-state index < -0.39 is 0 Å². The average Bonchev–Trinajstić information content (AvgIpc) is 3.35. The lowest BCUT2D eigenvalue weighted by Crippen LogP contribution is -2.40. The van der Waals surface area contributed by atoms with E-state index in [1.807, 2.05) is 33.2 Å². The Morgan fingerprint density at radius 2 is 2.36 bits per heavy atom. The van der Waals surface area contributed by atoms with Gasteiger partial charge in [-0.15, -0.1) is 11.3 Å². The van der Waals surface area contributed by atoms with E-state index in [2.05, 4.69) is 26.1 Å². The van der Waals surface area contributed by atoms with E-state index in [4.69, 9.17) is 4.52 Å². The van der Waals surface area contributed by atoms with Gasteiger partial charge in [0, 0.05) is 40.3 Å². The molecule has 1 saturated heterocycles. The summed E-state index contributed by atoms with van der Waals surface area (Å²) in [6, 6.07) is 3.88. The van der Waals surface area contributed by atoms with Crippen LogP contribution in [0.1, 0.15) is 28.4 Å². The van der Waals surface area contributed by atoms with E-state index in [0.717, 1.165) is 47.3 Å². The first-order valence-corrected chi connectivity index (χ1v) is 10.7. The number of hydrogen-bond acceptors (Lipinski definition) is 6. The van der Waals surface area contributed by atoms with Crippen molar-refractivity contribution < 1.29 is 9.32 Å². The second-order valence-corrected chi connectivity index (χ2v) is 8.72. The molecule has 5 nitrogen and oxygen atoms in total. The van der Waals surface area contributed by atoms with E-state index in [1.165, 1.54) is 11.3 Å². The van der Waals surface area contributed by atoms with Crippen LogP contribution in [0.25, 0.3) is 11.4 Å². The van der Waals surface area contributed by atoms with Crippen LogP contribution < -0.4 is 0 Å². The molecule has 0 saturated carbocycles. The Kier molecular flexibility index (Phi) is 5.00. The topological polar surface area (TPSA) is 59.2 Å². The molecular weight excluding hydrogens is 422 g/mol. The Balaban J connectivity index is 1.41. The fourth-order valence-corrected chi connectivity index (χ4v) is 5.12. The normalized spacial score (nSPS) is 17.8. The maximum absolute atomic E-state index is 12.6. The number of halogens is 1. The van der Waals surface area contributed by atoms with Crippen LogP contribution in [0.3, 0.4) is 0 Å². The molecule has 1 aliphatic rings. The highest BCUT2D eigenvalue weighted by Gasteiger charge is 2.27. The average molecular weight is 438 g/mol. The molecule has 8 heteroatoms. The van der Waals surface area contributed by atoms with Gasteiger partial charge in [0.1, 0.15) is 0 Å². The standard InChI is InChI=1S/C17H16BrN3O2S2/c18-13-7-14(25-10-13)17(22)21-4-1-2-11(8-21)6-15-19-16(20-23-15)12-3-5-24-9-12/h3,5,7,9-11H,1-2,4,6,8H2/t11-/m1/s1. The number of nitrogens with zero attached hydrogens (tertiary/aromatic N) is 3. The first kappa shape index (κ1) is 16.9. The zero-order valence-corrected chi connectivity index (χ0v) is 16.6. The molecule has 0 N–H and O–H groups in total. The first-order chi connectivity index (χ1) is 12.2. The third kappa shape index (κ3) is 3.86. The lowest BCUT2D eigenvalue weighted by molar-refractivity contribution is 0.0673. The summed E-state index contributed by atoms with van der Waals surface area (Å²) in [5.74, 6) is 1.77. The SMILES string of the molecule is O=C(c1cc(Br)cs1)N1CCC[C@H](Cc2nc(-c3ccsc3)no2)C1. The Labute approximate surface area is 161 Å². The number of hydrogen-bond donors (Lipinski definition) is 0. The van der Waals surface area contributed by atoms with Crippen LogP contribution in [-0.4, -0.2) is 34.0 Å². The van der Waals surface area contributed by atoms with Gasteiger partial charge in [-0.25, -0.2) is 0 Å². The van der Waals surface area contributed by atoms with Crippen molar-refractivity contribution >= 4 is 44.5 Å². The van der Waals surface area contributed by atoms with Gasteiger partial charge in [0.15, 0.2) is 0 Å². The summed E-state index contributed by atoms with van der Waals surface area (Å²) < 4.78 is 6.37. The zero-order chi connectivity index (χ0) is 17.2. The largest absolute Gasteiger partial charge is 0.339 e. The molecule has 0 radical (unpaired) electrons. The van der Waals surface area contributed by atoms with Crippen LogP contribution in [0.4, 0.5) is 0 Å². The molecule has 0 spiro atoms. The highest BCUT2D eigenvalue weighted by Crippen LogP contribution is 2.26. The third-order valence-electron chi connectivity index (χ3n) is 4.30.